The molecule has 0 heterocycles. The first-order chi connectivity index (χ1) is 5.85. The summed E-state index contributed by atoms with van der Waals surface area (Å²) in [6.07, 6.45) is 0.646. The highest BCUT2D eigenvalue weighted by Gasteiger charge is 2.19. The summed E-state index contributed by atoms with van der Waals surface area (Å²) in [5.74, 6) is -1.20. The van der Waals surface area contributed by atoms with Crippen LogP contribution in [0.25, 0.3) is 0 Å². The van der Waals surface area contributed by atoms with Crippen molar-refractivity contribution < 1.29 is 19.1 Å². The molecule has 0 aliphatic heterocycles. The van der Waals surface area contributed by atoms with E-state index in [9.17, 15) is 9.90 Å². The van der Waals surface area contributed by atoms with Gasteiger partial charge in [0.1, 0.15) is 6.54 Å². The van der Waals surface area contributed by atoms with Crippen molar-refractivity contribution in [3.8, 4) is 6.26 Å². The van der Waals surface area contributed by atoms with E-state index >= 15 is 0 Å². The Balaban J connectivity index is 4.11. The summed E-state index contributed by atoms with van der Waals surface area (Å²) in [6, 6.07) is 0. The number of likely N-dealkylation sites (N-methyl/N-ethyl adjacent to an activating group) is 1. The molecule has 1 unspecified atom stereocenters. The van der Waals surface area contributed by atoms with E-state index in [0.29, 0.717) is 11.0 Å². The number of quaternary nitrogens is 1. The molecular formula is C8H14N2O3. The molecule has 74 valence electrons. The quantitative estimate of drug-likeness (QED) is 0.395. The van der Waals surface area contributed by atoms with Crippen LogP contribution < -0.4 is 5.11 Å². The number of nitriles is 1. The van der Waals surface area contributed by atoms with Gasteiger partial charge in [-0.25, -0.2) is 0 Å². The molecule has 0 aliphatic carbocycles. The third-order valence-electron chi connectivity index (χ3n) is 1.37. The lowest BCUT2D eigenvalue weighted by Gasteiger charge is -2.27. The minimum atomic E-state index is -1.20. The van der Waals surface area contributed by atoms with Crippen LogP contribution in [-0.4, -0.2) is 44.2 Å². The number of hydrogen-bond acceptors (Lipinski definition) is 4. The van der Waals surface area contributed by atoms with Crippen molar-refractivity contribution in [3.63, 3.8) is 0 Å². The van der Waals surface area contributed by atoms with Crippen LogP contribution >= 0.6 is 0 Å². The summed E-state index contributed by atoms with van der Waals surface area (Å²) in [4.78, 5) is 10.3. The van der Waals surface area contributed by atoms with Crippen LogP contribution in [0.1, 0.15) is 6.42 Å². The second kappa shape index (κ2) is 4.67. The first-order valence-electron chi connectivity index (χ1n) is 3.90. The van der Waals surface area contributed by atoms with Crippen LogP contribution in [-0.2, 0) is 9.53 Å². The molecule has 0 amide bonds. The molecule has 0 saturated carbocycles. The molecule has 0 aromatic rings. The van der Waals surface area contributed by atoms with E-state index in [0.717, 1.165) is 0 Å². The largest absolute Gasteiger partial charge is 0.550 e. The van der Waals surface area contributed by atoms with Gasteiger partial charge in [0.05, 0.1) is 21.1 Å². The highest BCUT2D eigenvalue weighted by Crippen LogP contribution is 2.03. The number of aliphatic carboxylic acids is 1. The van der Waals surface area contributed by atoms with Gasteiger partial charge in [-0.15, -0.1) is 0 Å². The Kier molecular flexibility index (Phi) is 4.21. The van der Waals surface area contributed by atoms with Crippen molar-refractivity contribution in [1.29, 1.82) is 5.26 Å². The minimum Gasteiger partial charge on any atom is -0.550 e. The lowest BCUT2D eigenvalue weighted by molar-refractivity contribution is -0.873. The van der Waals surface area contributed by atoms with Gasteiger partial charge in [0.15, 0.2) is 6.10 Å². The average Bonchev–Trinajstić information content (AvgIpc) is 1.81. The van der Waals surface area contributed by atoms with E-state index in [1.807, 2.05) is 21.1 Å². The summed E-state index contributed by atoms with van der Waals surface area (Å²) in [5, 5.41) is 18.5. The van der Waals surface area contributed by atoms with Gasteiger partial charge in [-0.1, -0.05) is 0 Å². The van der Waals surface area contributed by atoms with E-state index in [-0.39, 0.29) is 6.42 Å². The van der Waals surface area contributed by atoms with Crippen molar-refractivity contribution in [2.75, 3.05) is 27.7 Å². The van der Waals surface area contributed by atoms with Crippen molar-refractivity contribution in [2.45, 2.75) is 12.5 Å². The molecule has 0 radical (unpaired) electrons. The Morgan fingerprint density at radius 3 is 2.46 bits per heavy atom. The van der Waals surface area contributed by atoms with E-state index in [2.05, 4.69) is 4.74 Å². The summed E-state index contributed by atoms with van der Waals surface area (Å²) in [5.41, 5.74) is 0. The van der Waals surface area contributed by atoms with Crippen molar-refractivity contribution in [3.05, 3.63) is 0 Å². The monoisotopic (exact) mass is 186 g/mol. The zero-order chi connectivity index (χ0) is 10.5. The van der Waals surface area contributed by atoms with Gasteiger partial charge in [0, 0.05) is 12.4 Å². The smallest absolute Gasteiger partial charge is 0.286 e. The molecule has 0 fully saturated rings. The zero-order valence-electron chi connectivity index (χ0n) is 8.11. The van der Waals surface area contributed by atoms with Crippen LogP contribution in [0.4, 0.5) is 0 Å². The van der Waals surface area contributed by atoms with Crippen LogP contribution in [0.5, 0.6) is 0 Å². The summed E-state index contributed by atoms with van der Waals surface area (Å²) < 4.78 is 5.14. The number of carbonyl (C=O) groups is 1. The summed E-state index contributed by atoms with van der Waals surface area (Å²) in [7, 11) is 5.68. The Bertz CT molecular complexity index is 214. The van der Waals surface area contributed by atoms with E-state index in [1.54, 1.807) is 0 Å². The number of ether oxygens (including phenoxy) is 1. The predicted octanol–water partition coefficient (Wildman–Crippen LogP) is -1.30. The predicted molar refractivity (Wildman–Crippen MR) is 43.0 cm³/mol. The SMILES string of the molecule is C[N+](C)(C)CC(CC(=O)[O-])OC#N. The Morgan fingerprint density at radius 1 is 1.62 bits per heavy atom. The molecule has 0 aromatic heterocycles. The second-order valence-corrected chi connectivity index (χ2v) is 3.88. The first kappa shape index (κ1) is 11.7. The maximum absolute atomic E-state index is 10.3. The lowest BCUT2D eigenvalue weighted by Crippen LogP contribution is -2.44. The second-order valence-electron chi connectivity index (χ2n) is 3.88. The standard InChI is InChI=1S/C8H14N2O3/c1-10(2,3)5-7(13-6-9)4-8(11)12/h7H,4-5H2,1-3H3. The van der Waals surface area contributed by atoms with Crippen LogP contribution in [0.15, 0.2) is 0 Å². The molecular weight excluding hydrogens is 172 g/mol. The van der Waals surface area contributed by atoms with Crippen molar-refractivity contribution in [1.82, 2.24) is 0 Å². The van der Waals surface area contributed by atoms with Crippen LogP contribution in [0, 0.1) is 11.5 Å². The number of carboxylic acid groups (broad SMARTS) is 1. The van der Waals surface area contributed by atoms with E-state index in [4.69, 9.17) is 5.26 Å². The molecule has 0 aromatic carbocycles. The third kappa shape index (κ3) is 7.09. The Morgan fingerprint density at radius 2 is 2.15 bits per heavy atom. The average molecular weight is 186 g/mol. The number of carboxylic acids is 1. The molecule has 0 spiro atoms. The fourth-order valence-corrected chi connectivity index (χ4v) is 1.01. The Hall–Kier alpha value is -1.28. The minimum absolute atomic E-state index is 0.247. The number of carbonyl (C=O) groups excluding carboxylic acids is 1. The van der Waals surface area contributed by atoms with Gasteiger partial charge in [-0.3, -0.25) is 0 Å². The highest BCUT2D eigenvalue weighted by atomic mass is 16.5. The topological polar surface area (TPSA) is 73.2 Å². The third-order valence-corrected chi connectivity index (χ3v) is 1.37. The molecule has 0 saturated heterocycles. The van der Waals surface area contributed by atoms with Crippen LogP contribution in [0.2, 0.25) is 0 Å². The van der Waals surface area contributed by atoms with E-state index < -0.39 is 12.1 Å². The van der Waals surface area contributed by atoms with Gasteiger partial charge >= 0.3 is 0 Å². The number of hydrogen-bond donors (Lipinski definition) is 0. The zero-order valence-corrected chi connectivity index (χ0v) is 8.11. The van der Waals surface area contributed by atoms with Crippen LogP contribution in [0.3, 0.4) is 0 Å². The molecule has 1 atom stereocenters. The fraction of sp³-hybridized carbons (Fsp3) is 0.750. The van der Waals surface area contributed by atoms with Gasteiger partial charge < -0.3 is 19.1 Å². The lowest BCUT2D eigenvalue weighted by atomic mass is 10.2. The summed E-state index contributed by atoms with van der Waals surface area (Å²) >= 11 is 0. The molecule has 0 bridgehead atoms. The fourth-order valence-electron chi connectivity index (χ4n) is 1.01. The maximum atomic E-state index is 10.3. The van der Waals surface area contributed by atoms with Gasteiger partial charge in [-0.05, 0) is 0 Å². The molecule has 0 N–H and O–H groups in total. The Labute approximate surface area is 77.7 Å². The highest BCUT2D eigenvalue weighted by molar-refractivity contribution is 5.64. The maximum Gasteiger partial charge on any atom is 0.286 e. The van der Waals surface area contributed by atoms with Gasteiger partial charge in [0.2, 0.25) is 0 Å². The van der Waals surface area contributed by atoms with E-state index in [1.165, 1.54) is 6.26 Å². The van der Waals surface area contributed by atoms with Crippen molar-refractivity contribution >= 4 is 5.97 Å². The molecule has 0 aliphatic rings. The molecule has 5 heteroatoms. The number of rotatable bonds is 5. The summed E-state index contributed by atoms with van der Waals surface area (Å²) in [6.45, 7) is 0.460. The number of nitrogens with zero attached hydrogens (tertiary/aromatic N) is 2. The molecule has 13 heavy (non-hydrogen) atoms. The molecule has 0 rings (SSSR count). The van der Waals surface area contributed by atoms with Gasteiger partial charge in [0.25, 0.3) is 6.26 Å². The van der Waals surface area contributed by atoms with Crippen molar-refractivity contribution in [2.24, 2.45) is 0 Å². The van der Waals surface area contributed by atoms with Gasteiger partial charge in [-0.2, -0.15) is 5.26 Å². The first-order valence-corrected chi connectivity index (χ1v) is 3.90. The molecule has 5 nitrogen and oxygen atoms in total. The normalized spacial score (nSPS) is 13.1.